The Kier molecular flexibility index (Phi) is 9.20. The molecule has 5 N–H and O–H groups in total. The maximum atomic E-state index is 12.3. The standard InChI is InChI=1S/C24H31N3O3/c1-3-4-7-17-29-20-13-10-19(11-14-20)12-15-23(28)27-21-8-5-6-9-22(21)30-18-16-24(2,25)26/h1,8-15H,4-7,16-18,25-26H2,2H3,(H,27,28)/b15-12+. The van der Waals surface area contributed by atoms with Crippen LogP contribution in [-0.4, -0.2) is 24.8 Å². The molecule has 0 aliphatic heterocycles. The SMILES string of the molecule is C#CCCCOc1ccc(/C=C/C(=O)NC2=CCCC=C2OCCC(C)(N)N)cc1. The number of nitrogens with one attached hydrogen (secondary N) is 1. The lowest BCUT2D eigenvalue weighted by atomic mass is 10.1. The van der Waals surface area contributed by atoms with Gasteiger partial charge in [-0.15, -0.1) is 12.3 Å². The van der Waals surface area contributed by atoms with Crippen LogP contribution in [-0.2, 0) is 9.53 Å². The van der Waals surface area contributed by atoms with Crippen molar-refractivity contribution in [2.24, 2.45) is 11.5 Å². The number of nitrogens with two attached hydrogens (primary N) is 2. The maximum Gasteiger partial charge on any atom is 0.248 e. The van der Waals surface area contributed by atoms with Gasteiger partial charge < -0.3 is 26.3 Å². The second-order valence-corrected chi connectivity index (χ2v) is 7.42. The number of unbranched alkanes of at least 4 members (excludes halogenated alkanes) is 1. The molecule has 1 aliphatic rings. The first-order valence-corrected chi connectivity index (χ1v) is 10.1. The second-order valence-electron chi connectivity index (χ2n) is 7.42. The van der Waals surface area contributed by atoms with Crippen molar-refractivity contribution in [3.05, 3.63) is 59.5 Å². The quantitative estimate of drug-likeness (QED) is 0.226. The Morgan fingerprint density at radius 1 is 1.20 bits per heavy atom. The Morgan fingerprint density at radius 3 is 2.63 bits per heavy atom. The highest BCUT2D eigenvalue weighted by atomic mass is 16.5. The Hall–Kier alpha value is -3.01. The number of amides is 1. The molecule has 1 aromatic rings. The average molecular weight is 410 g/mol. The van der Waals surface area contributed by atoms with Crippen LogP contribution in [0.15, 0.2) is 53.9 Å². The number of hydrogen-bond donors (Lipinski definition) is 3. The van der Waals surface area contributed by atoms with E-state index < -0.39 is 5.66 Å². The first-order valence-electron chi connectivity index (χ1n) is 10.1. The summed E-state index contributed by atoms with van der Waals surface area (Å²) in [5, 5.41) is 2.88. The summed E-state index contributed by atoms with van der Waals surface area (Å²) in [5.41, 5.74) is 12.3. The number of rotatable bonds is 11. The van der Waals surface area contributed by atoms with Crippen LogP contribution in [0.2, 0.25) is 0 Å². The lowest BCUT2D eigenvalue weighted by Crippen LogP contribution is -2.46. The van der Waals surface area contributed by atoms with E-state index >= 15 is 0 Å². The van der Waals surface area contributed by atoms with Crippen LogP contribution in [0.3, 0.4) is 0 Å². The van der Waals surface area contributed by atoms with Gasteiger partial charge in [0.2, 0.25) is 5.91 Å². The molecule has 0 heterocycles. The molecule has 1 aliphatic carbocycles. The van der Waals surface area contributed by atoms with Gasteiger partial charge in [0.05, 0.1) is 24.6 Å². The van der Waals surface area contributed by atoms with Crippen LogP contribution in [0.4, 0.5) is 0 Å². The molecule has 1 aromatic carbocycles. The van der Waals surface area contributed by atoms with E-state index in [0.29, 0.717) is 37.5 Å². The van der Waals surface area contributed by atoms with Crippen molar-refractivity contribution in [1.29, 1.82) is 0 Å². The summed E-state index contributed by atoms with van der Waals surface area (Å²) in [6.07, 6.45) is 16.1. The summed E-state index contributed by atoms with van der Waals surface area (Å²) in [6, 6.07) is 7.53. The zero-order valence-electron chi connectivity index (χ0n) is 17.5. The van der Waals surface area contributed by atoms with Crippen molar-refractivity contribution >= 4 is 12.0 Å². The molecular formula is C24H31N3O3. The normalized spacial score (nSPS) is 13.9. The van der Waals surface area contributed by atoms with Crippen molar-refractivity contribution in [2.75, 3.05) is 13.2 Å². The predicted octanol–water partition coefficient (Wildman–Crippen LogP) is 3.21. The van der Waals surface area contributed by atoms with Crippen LogP contribution in [0.25, 0.3) is 6.08 Å². The number of carbonyl (C=O) groups excluding carboxylic acids is 1. The zero-order valence-corrected chi connectivity index (χ0v) is 17.5. The molecule has 160 valence electrons. The third-order valence-electron chi connectivity index (χ3n) is 4.31. The molecule has 0 saturated carbocycles. The number of terminal acetylenes is 1. The van der Waals surface area contributed by atoms with E-state index in [0.717, 1.165) is 30.6 Å². The lowest BCUT2D eigenvalue weighted by Gasteiger charge is -2.21. The van der Waals surface area contributed by atoms with Crippen LogP contribution >= 0.6 is 0 Å². The molecule has 6 nitrogen and oxygen atoms in total. The summed E-state index contributed by atoms with van der Waals surface area (Å²) in [4.78, 5) is 12.3. The fourth-order valence-electron chi connectivity index (χ4n) is 2.67. The molecule has 1 amide bonds. The molecule has 0 aromatic heterocycles. The summed E-state index contributed by atoms with van der Waals surface area (Å²) in [6.45, 7) is 2.72. The molecule has 0 atom stereocenters. The van der Waals surface area contributed by atoms with E-state index in [9.17, 15) is 4.79 Å². The summed E-state index contributed by atoms with van der Waals surface area (Å²) in [5.74, 6) is 3.79. The van der Waals surface area contributed by atoms with Gasteiger partial charge in [-0.1, -0.05) is 18.2 Å². The van der Waals surface area contributed by atoms with Crippen LogP contribution in [0.5, 0.6) is 5.75 Å². The topological polar surface area (TPSA) is 99.6 Å². The Bertz CT molecular complexity index is 825. The molecule has 0 bridgehead atoms. The molecule has 0 radical (unpaired) electrons. The molecule has 0 unspecified atom stereocenters. The monoisotopic (exact) mass is 409 g/mol. The van der Waals surface area contributed by atoms with Gasteiger partial charge in [-0.2, -0.15) is 0 Å². The molecule has 6 heteroatoms. The largest absolute Gasteiger partial charge is 0.494 e. The van der Waals surface area contributed by atoms with E-state index in [-0.39, 0.29) is 5.91 Å². The lowest BCUT2D eigenvalue weighted by molar-refractivity contribution is -0.115. The molecule has 0 fully saturated rings. The van der Waals surface area contributed by atoms with E-state index in [1.165, 1.54) is 6.08 Å². The number of ether oxygens (including phenoxy) is 2. The summed E-state index contributed by atoms with van der Waals surface area (Å²) >= 11 is 0. The highest BCUT2D eigenvalue weighted by molar-refractivity contribution is 5.93. The van der Waals surface area contributed by atoms with E-state index in [1.807, 2.05) is 36.4 Å². The highest BCUT2D eigenvalue weighted by Gasteiger charge is 2.15. The minimum Gasteiger partial charge on any atom is -0.494 e. The van der Waals surface area contributed by atoms with Gasteiger partial charge in [-0.3, -0.25) is 4.79 Å². The van der Waals surface area contributed by atoms with Crippen molar-refractivity contribution in [3.8, 4) is 18.1 Å². The van der Waals surface area contributed by atoms with Gasteiger partial charge >= 0.3 is 0 Å². The maximum absolute atomic E-state index is 12.3. The van der Waals surface area contributed by atoms with E-state index in [1.54, 1.807) is 13.0 Å². The molecule has 0 spiro atoms. The zero-order chi connectivity index (χ0) is 21.8. The summed E-state index contributed by atoms with van der Waals surface area (Å²) < 4.78 is 11.4. The van der Waals surface area contributed by atoms with Gasteiger partial charge in [-0.25, -0.2) is 0 Å². The van der Waals surface area contributed by atoms with E-state index in [4.69, 9.17) is 27.4 Å². The molecule has 0 saturated heterocycles. The third kappa shape index (κ3) is 8.99. The number of carbonyl (C=O) groups is 1. The minimum absolute atomic E-state index is 0.227. The summed E-state index contributed by atoms with van der Waals surface area (Å²) in [7, 11) is 0. The number of allylic oxidation sites excluding steroid dienone is 2. The first-order chi connectivity index (χ1) is 14.4. The van der Waals surface area contributed by atoms with Gasteiger partial charge in [-0.05, 0) is 56.0 Å². The van der Waals surface area contributed by atoms with Crippen LogP contribution < -0.4 is 21.5 Å². The third-order valence-corrected chi connectivity index (χ3v) is 4.31. The Labute approximate surface area is 179 Å². The smallest absolute Gasteiger partial charge is 0.248 e. The second kappa shape index (κ2) is 11.9. The van der Waals surface area contributed by atoms with Crippen molar-refractivity contribution in [2.45, 2.75) is 44.7 Å². The van der Waals surface area contributed by atoms with Crippen molar-refractivity contribution < 1.29 is 14.3 Å². The minimum atomic E-state index is -0.784. The number of hydrogen-bond acceptors (Lipinski definition) is 5. The van der Waals surface area contributed by atoms with Crippen molar-refractivity contribution in [3.63, 3.8) is 0 Å². The van der Waals surface area contributed by atoms with Gasteiger partial charge in [0, 0.05) is 18.9 Å². The predicted molar refractivity (Wildman–Crippen MR) is 120 cm³/mol. The van der Waals surface area contributed by atoms with Crippen LogP contribution in [0.1, 0.15) is 44.6 Å². The highest BCUT2D eigenvalue weighted by Crippen LogP contribution is 2.19. The van der Waals surface area contributed by atoms with Gasteiger partial charge in [0.25, 0.3) is 0 Å². The van der Waals surface area contributed by atoms with E-state index in [2.05, 4.69) is 11.2 Å². The first kappa shape index (κ1) is 23.3. The number of benzene rings is 1. The Morgan fingerprint density at radius 2 is 1.93 bits per heavy atom. The molecule has 30 heavy (non-hydrogen) atoms. The van der Waals surface area contributed by atoms with Crippen molar-refractivity contribution in [1.82, 2.24) is 5.32 Å². The fourth-order valence-corrected chi connectivity index (χ4v) is 2.67. The molecular weight excluding hydrogens is 378 g/mol. The average Bonchev–Trinajstić information content (AvgIpc) is 2.71. The fraction of sp³-hybridized carbons (Fsp3) is 0.375. The van der Waals surface area contributed by atoms with Gasteiger partial charge in [0.1, 0.15) is 11.5 Å². The van der Waals surface area contributed by atoms with Gasteiger partial charge in [0.15, 0.2) is 0 Å². The van der Waals surface area contributed by atoms with Crippen LogP contribution in [0, 0.1) is 12.3 Å². The Balaban J connectivity index is 1.83. The molecule has 2 rings (SSSR count).